The molecule has 1 aliphatic heterocycles. The van der Waals surface area contributed by atoms with Gasteiger partial charge in [-0.25, -0.2) is 28.7 Å². The van der Waals surface area contributed by atoms with Gasteiger partial charge in [0, 0.05) is 32.1 Å². The van der Waals surface area contributed by atoms with Crippen molar-refractivity contribution in [1.29, 1.82) is 0 Å². The van der Waals surface area contributed by atoms with Crippen molar-refractivity contribution in [2.75, 3.05) is 24.6 Å². The van der Waals surface area contributed by atoms with E-state index in [1.807, 2.05) is 6.07 Å². The molecule has 4 heterocycles. The Bertz CT molecular complexity index is 931. The monoisotopic (exact) mass is 374 g/mol. The molecule has 0 bridgehead atoms. The second-order valence-electron chi connectivity index (χ2n) is 6.71. The highest BCUT2D eigenvalue weighted by atomic mass is 19.3. The van der Waals surface area contributed by atoms with E-state index in [0.717, 1.165) is 38.2 Å². The summed E-state index contributed by atoms with van der Waals surface area (Å²) in [5.74, 6) is 1.40. The van der Waals surface area contributed by atoms with Crippen LogP contribution >= 0.6 is 0 Å². The van der Waals surface area contributed by atoms with Crippen LogP contribution in [0.25, 0.3) is 17.2 Å². The van der Waals surface area contributed by atoms with E-state index >= 15 is 0 Å². The molecule has 0 amide bonds. The van der Waals surface area contributed by atoms with Crippen LogP contribution in [0.5, 0.6) is 0 Å². The standard InChI is InChI=1S/C18H20F2N6O/c19-17(20)13-10-26-14(7-23-16(26)8-22-13)18-21-5-4-15(24-18)25-6-2-1-3-12(9-25)11-27/h4-5,7-8,10,12,17,27H,1-3,6,9,11H2. The normalized spacial score (nSPS) is 18.2. The summed E-state index contributed by atoms with van der Waals surface area (Å²) in [4.78, 5) is 19.0. The molecule has 1 unspecified atom stereocenters. The summed E-state index contributed by atoms with van der Waals surface area (Å²) in [6.45, 7) is 1.75. The molecule has 0 radical (unpaired) electrons. The van der Waals surface area contributed by atoms with Gasteiger partial charge in [-0.05, 0) is 24.8 Å². The Balaban J connectivity index is 1.70. The van der Waals surface area contributed by atoms with Crippen molar-refractivity contribution in [1.82, 2.24) is 24.3 Å². The first-order valence-electron chi connectivity index (χ1n) is 8.96. The lowest BCUT2D eigenvalue weighted by Gasteiger charge is -2.24. The van der Waals surface area contributed by atoms with Crippen LogP contribution in [0.3, 0.4) is 0 Å². The summed E-state index contributed by atoms with van der Waals surface area (Å²) in [7, 11) is 0. The molecule has 0 aliphatic carbocycles. The van der Waals surface area contributed by atoms with E-state index in [0.29, 0.717) is 17.2 Å². The molecule has 7 nitrogen and oxygen atoms in total. The first-order chi connectivity index (χ1) is 13.2. The molecule has 9 heteroatoms. The quantitative estimate of drug-likeness (QED) is 0.756. The highest BCUT2D eigenvalue weighted by molar-refractivity contribution is 5.58. The fourth-order valence-corrected chi connectivity index (χ4v) is 3.42. The Morgan fingerprint density at radius 1 is 1.19 bits per heavy atom. The fourth-order valence-electron chi connectivity index (χ4n) is 3.42. The van der Waals surface area contributed by atoms with E-state index in [-0.39, 0.29) is 18.2 Å². The molecule has 3 aromatic rings. The predicted octanol–water partition coefficient (Wildman–Crippen LogP) is 2.72. The van der Waals surface area contributed by atoms with Crippen molar-refractivity contribution in [2.24, 2.45) is 5.92 Å². The molecule has 1 N–H and O–H groups in total. The third-order valence-corrected chi connectivity index (χ3v) is 4.86. The number of nitrogens with zero attached hydrogens (tertiary/aromatic N) is 6. The molecular weight excluding hydrogens is 354 g/mol. The second kappa shape index (κ2) is 7.51. The number of aliphatic hydroxyl groups excluding tert-OH is 1. The zero-order chi connectivity index (χ0) is 18.8. The van der Waals surface area contributed by atoms with Gasteiger partial charge in [0.05, 0.1) is 12.4 Å². The smallest absolute Gasteiger partial charge is 0.281 e. The van der Waals surface area contributed by atoms with Crippen molar-refractivity contribution >= 4 is 11.5 Å². The third-order valence-electron chi connectivity index (χ3n) is 4.86. The lowest BCUT2D eigenvalue weighted by Crippen LogP contribution is -2.30. The zero-order valence-electron chi connectivity index (χ0n) is 14.7. The molecule has 0 aromatic carbocycles. The van der Waals surface area contributed by atoms with Gasteiger partial charge < -0.3 is 10.0 Å². The van der Waals surface area contributed by atoms with E-state index in [4.69, 9.17) is 0 Å². The lowest BCUT2D eigenvalue weighted by molar-refractivity contribution is 0.145. The van der Waals surface area contributed by atoms with Gasteiger partial charge in [0.2, 0.25) is 0 Å². The molecule has 4 rings (SSSR count). The number of imidazole rings is 1. The van der Waals surface area contributed by atoms with Crippen LogP contribution in [0.1, 0.15) is 31.4 Å². The number of fused-ring (bicyclic) bond motifs is 1. The molecule has 142 valence electrons. The number of hydrogen-bond acceptors (Lipinski definition) is 6. The van der Waals surface area contributed by atoms with Crippen LogP contribution in [0.4, 0.5) is 14.6 Å². The molecule has 0 spiro atoms. The summed E-state index contributed by atoms with van der Waals surface area (Å²) < 4.78 is 27.5. The van der Waals surface area contributed by atoms with Crippen LogP contribution in [0, 0.1) is 5.92 Å². The Morgan fingerprint density at radius 3 is 2.89 bits per heavy atom. The molecule has 1 saturated heterocycles. The van der Waals surface area contributed by atoms with Gasteiger partial charge in [-0.1, -0.05) is 6.42 Å². The number of halogens is 2. The van der Waals surface area contributed by atoms with Crippen LogP contribution in [0.15, 0.2) is 30.9 Å². The van der Waals surface area contributed by atoms with E-state index < -0.39 is 6.43 Å². The maximum Gasteiger partial charge on any atom is 0.281 e. The minimum absolute atomic E-state index is 0.158. The van der Waals surface area contributed by atoms with Gasteiger partial charge in [0.25, 0.3) is 6.43 Å². The van der Waals surface area contributed by atoms with Gasteiger partial charge in [-0.3, -0.25) is 4.40 Å². The van der Waals surface area contributed by atoms with Crippen molar-refractivity contribution < 1.29 is 13.9 Å². The largest absolute Gasteiger partial charge is 0.396 e. The average Bonchev–Trinajstić information content (AvgIpc) is 2.96. The van der Waals surface area contributed by atoms with E-state index in [1.54, 1.807) is 12.4 Å². The topological polar surface area (TPSA) is 79.4 Å². The number of alkyl halides is 2. The van der Waals surface area contributed by atoms with Gasteiger partial charge >= 0.3 is 0 Å². The van der Waals surface area contributed by atoms with Crippen molar-refractivity contribution in [3.05, 3.63) is 36.5 Å². The average molecular weight is 374 g/mol. The first-order valence-corrected chi connectivity index (χ1v) is 8.96. The Labute approximate surface area is 154 Å². The highest BCUT2D eigenvalue weighted by Crippen LogP contribution is 2.25. The number of aliphatic hydroxyl groups is 1. The van der Waals surface area contributed by atoms with E-state index in [2.05, 4.69) is 24.8 Å². The minimum Gasteiger partial charge on any atom is -0.396 e. The maximum absolute atomic E-state index is 13.0. The SMILES string of the molecule is OCC1CCCCN(c2ccnc(-c3cnc4cnc(C(F)F)cn34)n2)C1. The van der Waals surface area contributed by atoms with Crippen LogP contribution in [0.2, 0.25) is 0 Å². The molecule has 1 fully saturated rings. The molecule has 3 aromatic heterocycles. The zero-order valence-corrected chi connectivity index (χ0v) is 14.7. The summed E-state index contributed by atoms with van der Waals surface area (Å²) in [6.07, 6.45) is 6.26. The van der Waals surface area contributed by atoms with E-state index in [1.165, 1.54) is 16.8 Å². The van der Waals surface area contributed by atoms with Crippen molar-refractivity contribution in [3.63, 3.8) is 0 Å². The summed E-state index contributed by atoms with van der Waals surface area (Å²) in [5.41, 5.74) is 0.666. The Kier molecular flexibility index (Phi) is 4.93. The molecular formula is C18H20F2N6O. The molecule has 0 saturated carbocycles. The van der Waals surface area contributed by atoms with Crippen LogP contribution in [-0.2, 0) is 0 Å². The molecule has 27 heavy (non-hydrogen) atoms. The third kappa shape index (κ3) is 3.59. The van der Waals surface area contributed by atoms with Gasteiger partial charge in [0.15, 0.2) is 11.5 Å². The Hall–Kier alpha value is -2.68. The minimum atomic E-state index is -2.66. The van der Waals surface area contributed by atoms with Gasteiger partial charge in [-0.2, -0.15) is 0 Å². The second-order valence-corrected chi connectivity index (χ2v) is 6.71. The fraction of sp³-hybridized carbons (Fsp3) is 0.444. The Morgan fingerprint density at radius 2 is 2.07 bits per heavy atom. The van der Waals surface area contributed by atoms with E-state index in [9.17, 15) is 13.9 Å². The molecule has 1 aliphatic rings. The summed E-state index contributed by atoms with van der Waals surface area (Å²) >= 11 is 0. The van der Waals surface area contributed by atoms with Gasteiger partial charge in [-0.15, -0.1) is 0 Å². The lowest BCUT2D eigenvalue weighted by atomic mass is 10.1. The summed E-state index contributed by atoms with van der Waals surface area (Å²) in [5, 5.41) is 9.54. The number of anilines is 1. The number of hydrogen-bond donors (Lipinski definition) is 1. The first kappa shape index (κ1) is 17.7. The number of rotatable bonds is 4. The maximum atomic E-state index is 13.0. The van der Waals surface area contributed by atoms with Crippen molar-refractivity contribution in [3.8, 4) is 11.5 Å². The predicted molar refractivity (Wildman–Crippen MR) is 95.6 cm³/mol. The molecule has 1 atom stereocenters. The summed E-state index contributed by atoms with van der Waals surface area (Å²) in [6, 6.07) is 1.83. The highest BCUT2D eigenvalue weighted by Gasteiger charge is 2.20. The number of aromatic nitrogens is 5. The van der Waals surface area contributed by atoms with Gasteiger partial charge in [0.1, 0.15) is 17.2 Å². The van der Waals surface area contributed by atoms with Crippen LogP contribution < -0.4 is 4.90 Å². The van der Waals surface area contributed by atoms with Crippen LogP contribution in [-0.4, -0.2) is 49.1 Å². The van der Waals surface area contributed by atoms with Crippen molar-refractivity contribution in [2.45, 2.75) is 25.7 Å².